The molecule has 1 amide bonds. The molecule has 2 aromatic heterocycles. The zero-order valence-electron chi connectivity index (χ0n) is 14.2. The molecule has 0 aliphatic heterocycles. The molecular weight excluding hydrogens is 370 g/mol. The minimum absolute atomic E-state index is 0.207. The summed E-state index contributed by atoms with van der Waals surface area (Å²) in [6.45, 7) is 3.25. The Morgan fingerprint density at radius 1 is 1.08 bits per heavy atom. The van der Waals surface area contributed by atoms with E-state index in [1.54, 1.807) is 26.2 Å². The number of hydrogen-bond donors (Lipinski definition) is 1. The number of hydrogen-bond acceptors (Lipinski definition) is 6. The number of anilines is 1. The van der Waals surface area contributed by atoms with E-state index in [1.807, 2.05) is 17.5 Å². The van der Waals surface area contributed by atoms with Gasteiger partial charge in [0.15, 0.2) is 15.0 Å². The Hall–Kier alpha value is -2.58. The van der Waals surface area contributed by atoms with Crippen molar-refractivity contribution in [2.45, 2.75) is 24.0 Å². The molecule has 6 nitrogen and oxygen atoms in total. The standard InChI is InChI=1S/C18H17N3O3S2/c1-12(2)26(23,24)15-5-3-14(4-6-15)17(22)21-18-20-16(11-25-18)13-7-9-19-10-8-13/h3-12H,1-2H3,(H,20,21,22). The van der Waals surface area contributed by atoms with Crippen LogP contribution in [0, 0.1) is 0 Å². The van der Waals surface area contributed by atoms with Gasteiger partial charge in [-0.15, -0.1) is 11.3 Å². The van der Waals surface area contributed by atoms with Crippen LogP contribution in [0.2, 0.25) is 0 Å². The Bertz CT molecular complexity index is 1010. The van der Waals surface area contributed by atoms with Crippen LogP contribution in [0.1, 0.15) is 24.2 Å². The predicted molar refractivity (Wildman–Crippen MR) is 102 cm³/mol. The Balaban J connectivity index is 1.74. The smallest absolute Gasteiger partial charge is 0.257 e. The van der Waals surface area contributed by atoms with Crippen molar-refractivity contribution in [3.05, 3.63) is 59.7 Å². The lowest BCUT2D eigenvalue weighted by molar-refractivity contribution is 0.102. The number of amides is 1. The number of aromatic nitrogens is 2. The molecule has 8 heteroatoms. The average molecular weight is 387 g/mol. The number of nitrogens with zero attached hydrogens (tertiary/aromatic N) is 2. The number of pyridine rings is 1. The summed E-state index contributed by atoms with van der Waals surface area (Å²) < 4.78 is 24.3. The topological polar surface area (TPSA) is 89.0 Å². The first-order valence-electron chi connectivity index (χ1n) is 7.89. The van der Waals surface area contributed by atoms with Gasteiger partial charge in [0.05, 0.1) is 15.8 Å². The number of sulfone groups is 1. The van der Waals surface area contributed by atoms with Crippen molar-refractivity contribution < 1.29 is 13.2 Å². The van der Waals surface area contributed by atoms with Crippen LogP contribution >= 0.6 is 11.3 Å². The fourth-order valence-electron chi connectivity index (χ4n) is 2.22. The molecule has 0 spiro atoms. The van der Waals surface area contributed by atoms with Crippen LogP contribution in [0.25, 0.3) is 11.3 Å². The quantitative estimate of drug-likeness (QED) is 0.722. The van der Waals surface area contributed by atoms with Crippen LogP contribution < -0.4 is 5.32 Å². The van der Waals surface area contributed by atoms with Gasteiger partial charge in [0.1, 0.15) is 0 Å². The van der Waals surface area contributed by atoms with E-state index in [4.69, 9.17) is 0 Å². The number of thiazole rings is 1. The highest BCUT2D eigenvalue weighted by molar-refractivity contribution is 7.92. The molecule has 3 rings (SSSR count). The maximum Gasteiger partial charge on any atom is 0.257 e. The van der Waals surface area contributed by atoms with Gasteiger partial charge in [0.25, 0.3) is 5.91 Å². The summed E-state index contributed by atoms with van der Waals surface area (Å²) >= 11 is 1.32. The third kappa shape index (κ3) is 3.81. The van der Waals surface area contributed by atoms with Crippen molar-refractivity contribution in [3.63, 3.8) is 0 Å². The largest absolute Gasteiger partial charge is 0.298 e. The predicted octanol–water partition coefficient (Wildman–Crippen LogP) is 3.64. The van der Waals surface area contributed by atoms with Crippen molar-refractivity contribution in [2.75, 3.05) is 5.32 Å². The third-order valence-electron chi connectivity index (χ3n) is 3.77. The van der Waals surface area contributed by atoms with Gasteiger partial charge >= 0.3 is 0 Å². The van der Waals surface area contributed by atoms with Crippen LogP contribution in [0.4, 0.5) is 5.13 Å². The summed E-state index contributed by atoms with van der Waals surface area (Å²) in [6, 6.07) is 9.59. The third-order valence-corrected chi connectivity index (χ3v) is 6.69. The van der Waals surface area contributed by atoms with Crippen molar-refractivity contribution in [1.29, 1.82) is 0 Å². The molecular formula is C18H17N3O3S2. The summed E-state index contributed by atoms with van der Waals surface area (Å²) in [5.74, 6) is -0.339. The van der Waals surface area contributed by atoms with E-state index in [9.17, 15) is 13.2 Å². The summed E-state index contributed by atoms with van der Waals surface area (Å²) in [6.07, 6.45) is 3.36. The monoisotopic (exact) mass is 387 g/mol. The molecule has 0 bridgehead atoms. The number of carbonyl (C=O) groups excluding carboxylic acids is 1. The Morgan fingerprint density at radius 3 is 2.35 bits per heavy atom. The van der Waals surface area contributed by atoms with Crippen molar-refractivity contribution in [3.8, 4) is 11.3 Å². The molecule has 1 N–H and O–H groups in total. The Kier molecular flexibility index (Phi) is 5.15. The van der Waals surface area contributed by atoms with Gasteiger partial charge in [0.2, 0.25) is 0 Å². The Morgan fingerprint density at radius 2 is 1.73 bits per heavy atom. The lowest BCUT2D eigenvalue weighted by atomic mass is 10.2. The zero-order chi connectivity index (χ0) is 18.7. The maximum atomic E-state index is 12.4. The molecule has 26 heavy (non-hydrogen) atoms. The minimum Gasteiger partial charge on any atom is -0.298 e. The van der Waals surface area contributed by atoms with E-state index in [0.29, 0.717) is 10.7 Å². The van der Waals surface area contributed by atoms with Crippen LogP contribution in [0.5, 0.6) is 0 Å². The first kappa shape index (κ1) is 18.2. The Labute approximate surface area is 155 Å². The van der Waals surface area contributed by atoms with E-state index in [-0.39, 0.29) is 10.8 Å². The van der Waals surface area contributed by atoms with E-state index >= 15 is 0 Å². The summed E-state index contributed by atoms with van der Waals surface area (Å²) in [5, 5.41) is 4.55. The van der Waals surface area contributed by atoms with E-state index in [2.05, 4.69) is 15.3 Å². The second-order valence-corrected chi connectivity index (χ2v) is 9.21. The number of benzene rings is 1. The minimum atomic E-state index is -3.35. The molecule has 0 fully saturated rings. The molecule has 0 aliphatic carbocycles. The molecule has 0 saturated heterocycles. The number of carbonyl (C=O) groups is 1. The highest BCUT2D eigenvalue weighted by atomic mass is 32.2. The molecule has 0 aliphatic rings. The summed E-state index contributed by atoms with van der Waals surface area (Å²) in [7, 11) is -3.35. The SMILES string of the molecule is CC(C)S(=O)(=O)c1ccc(C(=O)Nc2nc(-c3ccncc3)cs2)cc1. The van der Waals surface area contributed by atoms with Gasteiger partial charge in [-0.3, -0.25) is 15.1 Å². The molecule has 2 heterocycles. The highest BCUT2D eigenvalue weighted by Gasteiger charge is 2.19. The van der Waals surface area contributed by atoms with Crippen molar-refractivity contribution >= 4 is 32.2 Å². The normalized spacial score (nSPS) is 11.5. The highest BCUT2D eigenvalue weighted by Crippen LogP contribution is 2.25. The molecule has 134 valence electrons. The molecule has 1 aromatic carbocycles. The average Bonchev–Trinajstić information content (AvgIpc) is 3.11. The van der Waals surface area contributed by atoms with Crippen molar-refractivity contribution in [1.82, 2.24) is 9.97 Å². The van der Waals surface area contributed by atoms with Crippen LogP contribution in [0.15, 0.2) is 59.1 Å². The maximum absolute atomic E-state index is 12.4. The van der Waals surface area contributed by atoms with E-state index in [1.165, 1.54) is 35.6 Å². The first-order valence-corrected chi connectivity index (χ1v) is 10.3. The molecule has 0 radical (unpaired) electrons. The van der Waals surface area contributed by atoms with Gasteiger partial charge in [-0.25, -0.2) is 13.4 Å². The summed E-state index contributed by atoms with van der Waals surface area (Å²) in [4.78, 5) is 20.9. The van der Waals surface area contributed by atoms with Crippen LogP contribution in [-0.4, -0.2) is 29.5 Å². The lowest BCUT2D eigenvalue weighted by Crippen LogP contribution is -2.15. The lowest BCUT2D eigenvalue weighted by Gasteiger charge is -2.08. The first-order chi connectivity index (χ1) is 12.4. The summed E-state index contributed by atoms with van der Waals surface area (Å²) in [5.41, 5.74) is 2.04. The zero-order valence-corrected chi connectivity index (χ0v) is 15.8. The molecule has 0 saturated carbocycles. The van der Waals surface area contributed by atoms with Gasteiger partial charge in [0, 0.05) is 28.9 Å². The number of rotatable bonds is 5. The fourth-order valence-corrected chi connectivity index (χ4v) is 4.00. The fraction of sp³-hybridized carbons (Fsp3) is 0.167. The molecule has 3 aromatic rings. The second-order valence-electron chi connectivity index (χ2n) is 5.85. The van der Waals surface area contributed by atoms with Gasteiger partial charge in [-0.05, 0) is 50.2 Å². The molecule has 0 atom stereocenters. The van der Waals surface area contributed by atoms with Crippen LogP contribution in [-0.2, 0) is 9.84 Å². The van der Waals surface area contributed by atoms with E-state index < -0.39 is 15.1 Å². The van der Waals surface area contributed by atoms with Crippen LogP contribution in [0.3, 0.4) is 0 Å². The van der Waals surface area contributed by atoms with Gasteiger partial charge in [-0.2, -0.15) is 0 Å². The molecule has 0 unspecified atom stereocenters. The van der Waals surface area contributed by atoms with Crippen molar-refractivity contribution in [2.24, 2.45) is 0 Å². The second kappa shape index (κ2) is 7.35. The van der Waals surface area contributed by atoms with E-state index in [0.717, 1.165) is 11.3 Å². The van der Waals surface area contributed by atoms with Gasteiger partial charge < -0.3 is 0 Å². The van der Waals surface area contributed by atoms with Gasteiger partial charge in [-0.1, -0.05) is 0 Å². The number of nitrogens with one attached hydrogen (secondary N) is 1.